The average molecular weight is 288 g/mol. The predicted octanol–water partition coefficient (Wildman–Crippen LogP) is 3.39. The average Bonchev–Trinajstić information content (AvgIpc) is 3.11. The van der Waals surface area contributed by atoms with Crippen LogP contribution in [0.1, 0.15) is 38.2 Å². The van der Waals surface area contributed by atoms with E-state index in [2.05, 4.69) is 0 Å². The van der Waals surface area contributed by atoms with Gasteiger partial charge >= 0.3 is 0 Å². The summed E-state index contributed by atoms with van der Waals surface area (Å²) in [6.07, 6.45) is 1.54. The molecule has 100 valence electrons. The standard InChI is InChI=1S/C13H18ClNO2S/c1-9(2)12-7-4-10(14)8-13(12)15(3)18(16,17)11-5-6-11/h4,7-9,11H,5-6H2,1-3H3. The summed E-state index contributed by atoms with van der Waals surface area (Å²) in [7, 11) is -1.60. The van der Waals surface area contributed by atoms with Crippen LogP contribution in [0.2, 0.25) is 5.02 Å². The Labute approximate surface area is 114 Å². The lowest BCUT2D eigenvalue weighted by Gasteiger charge is -2.24. The molecule has 0 heterocycles. The zero-order chi connectivity index (χ0) is 13.5. The van der Waals surface area contributed by atoms with E-state index < -0.39 is 10.0 Å². The molecule has 3 nitrogen and oxygen atoms in total. The number of anilines is 1. The molecule has 0 aliphatic heterocycles. The molecule has 18 heavy (non-hydrogen) atoms. The molecule has 1 saturated carbocycles. The summed E-state index contributed by atoms with van der Waals surface area (Å²) in [5.74, 6) is 0.258. The third-order valence-corrected chi connectivity index (χ3v) is 5.79. The van der Waals surface area contributed by atoms with Gasteiger partial charge in [-0.2, -0.15) is 0 Å². The monoisotopic (exact) mass is 287 g/mol. The molecule has 2 rings (SSSR count). The molecule has 1 fully saturated rings. The Kier molecular flexibility index (Phi) is 3.60. The normalized spacial score (nSPS) is 16.1. The van der Waals surface area contributed by atoms with E-state index >= 15 is 0 Å². The minimum absolute atomic E-state index is 0.207. The summed E-state index contributed by atoms with van der Waals surface area (Å²) in [5.41, 5.74) is 1.70. The second-order valence-electron chi connectivity index (χ2n) is 5.07. The quantitative estimate of drug-likeness (QED) is 0.851. The van der Waals surface area contributed by atoms with E-state index in [9.17, 15) is 8.42 Å². The molecule has 0 saturated heterocycles. The lowest BCUT2D eigenvalue weighted by molar-refractivity contribution is 0.593. The number of nitrogens with zero attached hydrogens (tertiary/aromatic N) is 1. The van der Waals surface area contributed by atoms with Crippen LogP contribution in [0.25, 0.3) is 0 Å². The molecule has 5 heteroatoms. The molecule has 0 atom stereocenters. The Morgan fingerprint density at radius 1 is 1.33 bits per heavy atom. The van der Waals surface area contributed by atoms with Gasteiger partial charge in [0.25, 0.3) is 0 Å². The van der Waals surface area contributed by atoms with Crippen molar-refractivity contribution in [2.24, 2.45) is 0 Å². The molecule has 0 amide bonds. The highest BCUT2D eigenvalue weighted by molar-refractivity contribution is 7.93. The zero-order valence-electron chi connectivity index (χ0n) is 10.9. The van der Waals surface area contributed by atoms with Crippen LogP contribution >= 0.6 is 11.6 Å². The predicted molar refractivity (Wildman–Crippen MR) is 75.9 cm³/mol. The molecule has 0 spiro atoms. The maximum absolute atomic E-state index is 12.3. The van der Waals surface area contributed by atoms with Gasteiger partial charge in [0.2, 0.25) is 10.0 Å². The van der Waals surface area contributed by atoms with Crippen molar-refractivity contribution in [2.75, 3.05) is 11.4 Å². The number of halogens is 1. The van der Waals surface area contributed by atoms with E-state index in [0.29, 0.717) is 10.7 Å². The lowest BCUT2D eigenvalue weighted by atomic mass is 10.0. The first-order valence-electron chi connectivity index (χ1n) is 6.11. The number of sulfonamides is 1. The first kappa shape index (κ1) is 13.7. The van der Waals surface area contributed by atoms with Gasteiger partial charge in [-0.1, -0.05) is 31.5 Å². The van der Waals surface area contributed by atoms with Crippen molar-refractivity contribution in [3.8, 4) is 0 Å². The van der Waals surface area contributed by atoms with Crippen LogP contribution < -0.4 is 4.31 Å². The lowest BCUT2D eigenvalue weighted by Crippen LogP contribution is -2.30. The summed E-state index contributed by atoms with van der Waals surface area (Å²) in [6.45, 7) is 4.09. The Hall–Kier alpha value is -0.740. The molecule has 0 bridgehead atoms. The van der Waals surface area contributed by atoms with E-state index in [4.69, 9.17) is 11.6 Å². The summed E-state index contributed by atoms with van der Waals surface area (Å²) in [6, 6.07) is 5.44. The van der Waals surface area contributed by atoms with Crippen LogP contribution in [-0.2, 0) is 10.0 Å². The fraction of sp³-hybridized carbons (Fsp3) is 0.538. The highest BCUT2D eigenvalue weighted by atomic mass is 35.5. The largest absolute Gasteiger partial charge is 0.273 e. The second-order valence-corrected chi connectivity index (χ2v) is 7.75. The van der Waals surface area contributed by atoms with Gasteiger partial charge in [-0.05, 0) is 36.5 Å². The van der Waals surface area contributed by atoms with Gasteiger partial charge in [0.1, 0.15) is 0 Å². The molecule has 1 aromatic rings. The molecular weight excluding hydrogens is 270 g/mol. The van der Waals surface area contributed by atoms with E-state index in [1.54, 1.807) is 19.2 Å². The van der Waals surface area contributed by atoms with Crippen molar-refractivity contribution in [2.45, 2.75) is 37.9 Å². The third-order valence-electron chi connectivity index (χ3n) is 3.28. The third kappa shape index (κ3) is 2.50. The first-order valence-corrected chi connectivity index (χ1v) is 7.99. The Balaban J connectivity index is 2.46. The molecular formula is C13H18ClNO2S. The minimum atomic E-state index is -3.22. The topological polar surface area (TPSA) is 37.4 Å². The first-order chi connectivity index (χ1) is 8.34. The van der Waals surface area contributed by atoms with Crippen LogP contribution in [-0.4, -0.2) is 20.7 Å². The maximum atomic E-state index is 12.3. The van der Waals surface area contributed by atoms with Crippen LogP contribution in [0.3, 0.4) is 0 Å². The highest BCUT2D eigenvalue weighted by Gasteiger charge is 2.39. The van der Waals surface area contributed by atoms with Crippen molar-refractivity contribution >= 4 is 27.3 Å². The summed E-state index contributed by atoms with van der Waals surface area (Å²) in [4.78, 5) is 0. The maximum Gasteiger partial charge on any atom is 0.237 e. The van der Waals surface area contributed by atoms with E-state index in [1.807, 2.05) is 19.9 Å². The Morgan fingerprint density at radius 2 is 1.94 bits per heavy atom. The summed E-state index contributed by atoms with van der Waals surface area (Å²) < 4.78 is 25.9. The molecule has 0 unspecified atom stereocenters. The van der Waals surface area contributed by atoms with Crippen LogP contribution in [0.5, 0.6) is 0 Å². The molecule has 0 aromatic heterocycles. The van der Waals surface area contributed by atoms with Gasteiger partial charge in [0.05, 0.1) is 10.9 Å². The zero-order valence-corrected chi connectivity index (χ0v) is 12.4. The number of hydrogen-bond acceptors (Lipinski definition) is 2. The van der Waals surface area contributed by atoms with E-state index in [-0.39, 0.29) is 11.2 Å². The van der Waals surface area contributed by atoms with Gasteiger partial charge in [-0.25, -0.2) is 8.42 Å². The van der Waals surface area contributed by atoms with E-state index in [1.165, 1.54) is 4.31 Å². The molecule has 0 radical (unpaired) electrons. The van der Waals surface area contributed by atoms with Crippen molar-refractivity contribution in [3.05, 3.63) is 28.8 Å². The van der Waals surface area contributed by atoms with Crippen molar-refractivity contribution in [1.82, 2.24) is 0 Å². The minimum Gasteiger partial charge on any atom is -0.273 e. The van der Waals surface area contributed by atoms with Crippen LogP contribution in [0.4, 0.5) is 5.69 Å². The van der Waals surface area contributed by atoms with Gasteiger partial charge in [0.15, 0.2) is 0 Å². The Bertz CT molecular complexity index is 550. The van der Waals surface area contributed by atoms with E-state index in [0.717, 1.165) is 18.4 Å². The molecule has 1 aliphatic rings. The highest BCUT2D eigenvalue weighted by Crippen LogP contribution is 2.36. The summed E-state index contributed by atoms with van der Waals surface area (Å²) >= 11 is 5.99. The SMILES string of the molecule is CC(C)c1ccc(Cl)cc1N(C)S(=O)(=O)C1CC1. The van der Waals surface area contributed by atoms with Gasteiger partial charge in [0, 0.05) is 12.1 Å². The van der Waals surface area contributed by atoms with Crippen molar-refractivity contribution in [3.63, 3.8) is 0 Å². The molecule has 0 N–H and O–H groups in total. The molecule has 1 aliphatic carbocycles. The summed E-state index contributed by atoms with van der Waals surface area (Å²) in [5, 5.41) is 0.355. The van der Waals surface area contributed by atoms with Gasteiger partial charge in [-0.15, -0.1) is 0 Å². The fourth-order valence-corrected chi connectivity index (χ4v) is 3.78. The molecule has 1 aromatic carbocycles. The second kappa shape index (κ2) is 4.74. The van der Waals surface area contributed by atoms with Crippen molar-refractivity contribution < 1.29 is 8.42 Å². The van der Waals surface area contributed by atoms with Gasteiger partial charge < -0.3 is 0 Å². The number of benzene rings is 1. The van der Waals surface area contributed by atoms with Gasteiger partial charge in [-0.3, -0.25) is 4.31 Å². The van der Waals surface area contributed by atoms with Crippen molar-refractivity contribution in [1.29, 1.82) is 0 Å². The fourth-order valence-electron chi connectivity index (χ4n) is 2.00. The number of hydrogen-bond donors (Lipinski definition) is 0. The van der Waals surface area contributed by atoms with Crippen LogP contribution in [0.15, 0.2) is 18.2 Å². The van der Waals surface area contributed by atoms with Crippen LogP contribution in [0, 0.1) is 0 Å². The Morgan fingerprint density at radius 3 is 2.44 bits per heavy atom. The smallest absolute Gasteiger partial charge is 0.237 e. The number of rotatable bonds is 4.